The first kappa shape index (κ1) is 16.7. The Labute approximate surface area is 131 Å². The van der Waals surface area contributed by atoms with Crippen LogP contribution in [0.15, 0.2) is 23.1 Å². The zero-order valence-electron chi connectivity index (χ0n) is 12.2. The lowest BCUT2D eigenvalue weighted by atomic mass is 10.2. The highest BCUT2D eigenvalue weighted by atomic mass is 35.5. The van der Waals surface area contributed by atoms with Crippen molar-refractivity contribution in [2.45, 2.75) is 43.4 Å². The van der Waals surface area contributed by atoms with Crippen LogP contribution >= 0.6 is 11.6 Å². The van der Waals surface area contributed by atoms with Crippen molar-refractivity contribution < 1.29 is 13.5 Å². The average Bonchev–Trinajstić information content (AvgIpc) is 3.29. The van der Waals surface area contributed by atoms with E-state index < -0.39 is 10.0 Å². The monoisotopic (exact) mass is 332 g/mol. The third-order valence-corrected chi connectivity index (χ3v) is 5.76. The van der Waals surface area contributed by atoms with Crippen LogP contribution in [0.4, 0.5) is 0 Å². The maximum absolute atomic E-state index is 12.3. The third kappa shape index (κ3) is 4.17. The molecule has 2 N–H and O–H groups in total. The molecule has 0 aromatic heterocycles. The lowest BCUT2D eigenvalue weighted by Gasteiger charge is -2.24. The maximum Gasteiger partial charge on any atom is 0.242 e. The second kappa shape index (κ2) is 6.62. The van der Waals surface area contributed by atoms with Gasteiger partial charge in [-0.25, -0.2) is 13.1 Å². The molecule has 0 bridgehead atoms. The van der Waals surface area contributed by atoms with E-state index in [1.165, 1.54) is 25.0 Å². The normalized spacial score (nSPS) is 17.2. The lowest BCUT2D eigenvalue weighted by Crippen LogP contribution is -2.41. The van der Waals surface area contributed by atoms with Gasteiger partial charge in [-0.1, -0.05) is 17.7 Å². The minimum absolute atomic E-state index is 0.0111. The summed E-state index contributed by atoms with van der Waals surface area (Å²) < 4.78 is 27.3. The molecule has 1 saturated carbocycles. The molecule has 1 fully saturated rings. The molecule has 118 valence electrons. The summed E-state index contributed by atoms with van der Waals surface area (Å²) >= 11 is 5.96. The first-order valence-corrected chi connectivity index (χ1v) is 8.82. The molecule has 7 heteroatoms. The van der Waals surface area contributed by atoms with Gasteiger partial charge in [-0.3, -0.25) is 4.90 Å². The molecule has 0 heterocycles. The molecule has 1 aliphatic rings. The number of nitrogens with one attached hydrogen (secondary N) is 1. The summed E-state index contributed by atoms with van der Waals surface area (Å²) in [4.78, 5) is 2.20. The Balaban J connectivity index is 2.07. The van der Waals surface area contributed by atoms with Gasteiger partial charge in [-0.15, -0.1) is 0 Å². The summed E-state index contributed by atoms with van der Waals surface area (Å²) in [7, 11) is -1.67. The quantitative estimate of drug-likeness (QED) is 0.795. The average molecular weight is 333 g/mol. The van der Waals surface area contributed by atoms with Crippen LogP contribution in [0.25, 0.3) is 0 Å². The van der Waals surface area contributed by atoms with Gasteiger partial charge in [0.15, 0.2) is 0 Å². The van der Waals surface area contributed by atoms with E-state index >= 15 is 0 Å². The number of sulfonamides is 1. The molecule has 1 atom stereocenters. The van der Waals surface area contributed by atoms with Crippen molar-refractivity contribution in [3.05, 3.63) is 28.8 Å². The molecule has 0 amide bonds. The summed E-state index contributed by atoms with van der Waals surface area (Å²) in [5, 5.41) is 9.27. The first-order valence-electron chi connectivity index (χ1n) is 6.96. The van der Waals surface area contributed by atoms with Crippen LogP contribution in [0, 0.1) is 0 Å². The Kier molecular flexibility index (Phi) is 5.27. The second-order valence-corrected chi connectivity index (χ2v) is 7.66. The molecule has 5 nitrogen and oxygen atoms in total. The molecule has 0 radical (unpaired) electrons. The molecule has 1 aliphatic carbocycles. The van der Waals surface area contributed by atoms with Crippen LogP contribution in [-0.4, -0.2) is 44.1 Å². The summed E-state index contributed by atoms with van der Waals surface area (Å²) in [6, 6.07) is 5.18. The van der Waals surface area contributed by atoms with Crippen molar-refractivity contribution in [1.29, 1.82) is 0 Å². The van der Waals surface area contributed by atoms with Crippen molar-refractivity contribution in [1.82, 2.24) is 9.62 Å². The second-order valence-electron chi connectivity index (χ2n) is 5.52. The van der Waals surface area contributed by atoms with Crippen LogP contribution in [0.1, 0.15) is 25.3 Å². The highest BCUT2D eigenvalue weighted by Crippen LogP contribution is 2.27. The van der Waals surface area contributed by atoms with Gasteiger partial charge < -0.3 is 5.11 Å². The van der Waals surface area contributed by atoms with Gasteiger partial charge in [0.05, 0.1) is 11.6 Å². The number of hydrogen-bond acceptors (Lipinski definition) is 4. The van der Waals surface area contributed by atoms with Gasteiger partial charge >= 0.3 is 0 Å². The predicted molar refractivity (Wildman–Crippen MR) is 82.8 cm³/mol. The Morgan fingerprint density at radius 2 is 2.14 bits per heavy atom. The highest BCUT2D eigenvalue weighted by molar-refractivity contribution is 7.89. The van der Waals surface area contributed by atoms with Crippen molar-refractivity contribution in [3.63, 3.8) is 0 Å². The number of nitrogens with zero attached hydrogens (tertiary/aromatic N) is 1. The largest absolute Gasteiger partial charge is 0.392 e. The van der Waals surface area contributed by atoms with Crippen LogP contribution in [0.3, 0.4) is 0 Å². The topological polar surface area (TPSA) is 69.6 Å². The summed E-state index contributed by atoms with van der Waals surface area (Å²) in [5.41, 5.74) is 0.517. The summed E-state index contributed by atoms with van der Waals surface area (Å²) in [6.45, 7) is 2.10. The fourth-order valence-electron chi connectivity index (χ4n) is 2.15. The molecule has 0 saturated heterocycles. The molecule has 1 aromatic carbocycles. The first-order chi connectivity index (χ1) is 9.85. The maximum atomic E-state index is 12.3. The zero-order chi connectivity index (χ0) is 15.6. The van der Waals surface area contributed by atoms with Gasteiger partial charge in [-0.2, -0.15) is 0 Å². The molecule has 0 spiro atoms. The fourth-order valence-corrected chi connectivity index (χ4v) is 3.82. The predicted octanol–water partition coefficient (Wildman–Crippen LogP) is 1.59. The molecule has 21 heavy (non-hydrogen) atoms. The van der Waals surface area contributed by atoms with Crippen LogP contribution in [0.2, 0.25) is 5.02 Å². The number of benzene rings is 1. The fraction of sp³-hybridized carbons (Fsp3) is 0.571. The van der Waals surface area contributed by atoms with Crippen LogP contribution < -0.4 is 4.72 Å². The van der Waals surface area contributed by atoms with Crippen molar-refractivity contribution in [3.8, 4) is 0 Å². The van der Waals surface area contributed by atoms with Gasteiger partial charge in [0, 0.05) is 18.6 Å². The standard InChI is InChI=1S/C14H21ClN2O3S/c1-10(17(2)12-4-5-12)8-16-21(19,20)14-7-11(9-18)3-6-13(14)15/h3,6-7,10,12,16,18H,4-5,8-9H2,1-2H3. The minimum Gasteiger partial charge on any atom is -0.392 e. The van der Waals surface area contributed by atoms with Gasteiger partial charge in [0.1, 0.15) is 4.90 Å². The molecule has 1 unspecified atom stereocenters. The Bertz CT molecular complexity index is 602. The van der Waals surface area contributed by atoms with Crippen LogP contribution in [0.5, 0.6) is 0 Å². The number of halogens is 1. The van der Waals surface area contributed by atoms with E-state index in [9.17, 15) is 8.42 Å². The smallest absolute Gasteiger partial charge is 0.242 e. The van der Waals surface area contributed by atoms with E-state index in [2.05, 4.69) is 9.62 Å². The van der Waals surface area contributed by atoms with Gasteiger partial charge in [-0.05, 0) is 44.5 Å². The van der Waals surface area contributed by atoms with Crippen molar-refractivity contribution >= 4 is 21.6 Å². The molecular weight excluding hydrogens is 312 g/mol. The van der Waals surface area contributed by atoms with Crippen molar-refractivity contribution in [2.24, 2.45) is 0 Å². The van der Waals surface area contributed by atoms with E-state index in [0.717, 1.165) is 0 Å². The summed E-state index contributed by atoms with van der Waals surface area (Å²) in [6.07, 6.45) is 2.36. The van der Waals surface area contributed by atoms with E-state index in [1.807, 2.05) is 14.0 Å². The number of aliphatic hydroxyl groups excluding tert-OH is 1. The van der Waals surface area contributed by atoms with E-state index in [1.54, 1.807) is 6.07 Å². The number of aliphatic hydroxyl groups is 1. The summed E-state index contributed by atoms with van der Waals surface area (Å²) in [5.74, 6) is 0. The van der Waals surface area contributed by atoms with Crippen molar-refractivity contribution in [2.75, 3.05) is 13.6 Å². The lowest BCUT2D eigenvalue weighted by molar-refractivity contribution is 0.248. The molecule has 0 aliphatic heterocycles. The number of hydrogen-bond donors (Lipinski definition) is 2. The zero-order valence-corrected chi connectivity index (χ0v) is 13.8. The minimum atomic E-state index is -3.68. The molecule has 1 aromatic rings. The SMILES string of the molecule is CC(CNS(=O)(=O)c1cc(CO)ccc1Cl)N(C)C1CC1. The third-order valence-electron chi connectivity index (χ3n) is 3.85. The molecule has 2 rings (SSSR count). The van der Waals surface area contributed by atoms with E-state index in [4.69, 9.17) is 16.7 Å². The Morgan fingerprint density at radius 1 is 1.48 bits per heavy atom. The van der Waals surface area contributed by atoms with Gasteiger partial charge in [0.2, 0.25) is 10.0 Å². The molecular formula is C14H21ClN2O3S. The van der Waals surface area contributed by atoms with E-state index in [-0.39, 0.29) is 22.6 Å². The Morgan fingerprint density at radius 3 is 2.71 bits per heavy atom. The highest BCUT2D eigenvalue weighted by Gasteiger charge is 2.29. The van der Waals surface area contributed by atoms with Crippen LogP contribution in [-0.2, 0) is 16.6 Å². The Hall–Kier alpha value is -0.660. The van der Waals surface area contributed by atoms with E-state index in [0.29, 0.717) is 18.2 Å². The number of likely N-dealkylation sites (N-methyl/N-ethyl adjacent to an activating group) is 1. The van der Waals surface area contributed by atoms with Gasteiger partial charge in [0.25, 0.3) is 0 Å². The number of rotatable bonds is 7.